The third-order valence-corrected chi connectivity index (χ3v) is 5.34. The van der Waals surface area contributed by atoms with E-state index in [0.29, 0.717) is 5.75 Å². The first kappa shape index (κ1) is 14.5. The molecule has 0 fully saturated rings. The highest BCUT2D eigenvalue weighted by molar-refractivity contribution is 7.98. The molecule has 1 aromatic rings. The number of halogens is 1. The van der Waals surface area contributed by atoms with Crippen LogP contribution in [0.1, 0.15) is 6.92 Å². The standard InChI is InChI=1S/C11H16FNO2S2/c1-9(8-16-3)13(2)17(14,15)11-7-5-4-6-10(11)12/h4-7,9H,8H2,1-3H3. The summed E-state index contributed by atoms with van der Waals surface area (Å²) in [5.74, 6) is -0.0415. The maximum Gasteiger partial charge on any atom is 0.246 e. The molecular weight excluding hydrogens is 261 g/mol. The second-order valence-electron chi connectivity index (χ2n) is 3.76. The number of sulfonamides is 1. The molecule has 0 aromatic heterocycles. The molecule has 0 spiro atoms. The summed E-state index contributed by atoms with van der Waals surface area (Å²) in [6.07, 6.45) is 1.90. The molecule has 0 amide bonds. The molecule has 0 aliphatic carbocycles. The molecule has 1 aromatic carbocycles. The van der Waals surface area contributed by atoms with Crippen LogP contribution in [-0.4, -0.2) is 37.8 Å². The van der Waals surface area contributed by atoms with Crippen molar-refractivity contribution < 1.29 is 12.8 Å². The van der Waals surface area contributed by atoms with E-state index in [1.165, 1.54) is 29.6 Å². The molecule has 1 unspecified atom stereocenters. The number of benzene rings is 1. The number of thioether (sulfide) groups is 1. The smallest absolute Gasteiger partial charge is 0.207 e. The van der Waals surface area contributed by atoms with Gasteiger partial charge in [0.1, 0.15) is 10.7 Å². The SMILES string of the molecule is CSCC(C)N(C)S(=O)(=O)c1ccccc1F. The van der Waals surface area contributed by atoms with Gasteiger partial charge in [0.25, 0.3) is 0 Å². The Balaban J connectivity index is 3.08. The van der Waals surface area contributed by atoms with Crippen molar-refractivity contribution >= 4 is 21.8 Å². The van der Waals surface area contributed by atoms with Gasteiger partial charge in [-0.3, -0.25) is 0 Å². The van der Waals surface area contributed by atoms with Crippen molar-refractivity contribution in [3.63, 3.8) is 0 Å². The van der Waals surface area contributed by atoms with E-state index in [1.807, 2.05) is 6.26 Å². The van der Waals surface area contributed by atoms with Gasteiger partial charge in [-0.15, -0.1) is 0 Å². The Labute approximate surface area is 106 Å². The molecule has 3 nitrogen and oxygen atoms in total. The van der Waals surface area contributed by atoms with Crippen LogP contribution in [0.25, 0.3) is 0 Å². The number of nitrogens with zero attached hydrogens (tertiary/aromatic N) is 1. The van der Waals surface area contributed by atoms with Crippen LogP contribution >= 0.6 is 11.8 Å². The number of hydrogen-bond acceptors (Lipinski definition) is 3. The van der Waals surface area contributed by atoms with E-state index >= 15 is 0 Å². The van der Waals surface area contributed by atoms with Gasteiger partial charge in [-0.1, -0.05) is 12.1 Å². The van der Waals surface area contributed by atoms with Gasteiger partial charge in [-0.25, -0.2) is 12.8 Å². The maximum atomic E-state index is 13.5. The molecular formula is C11H16FNO2S2. The fourth-order valence-corrected chi connectivity index (χ4v) is 3.62. The van der Waals surface area contributed by atoms with Crippen LogP contribution in [0.4, 0.5) is 4.39 Å². The van der Waals surface area contributed by atoms with Crippen LogP contribution < -0.4 is 0 Å². The Kier molecular flexibility index (Phi) is 4.97. The monoisotopic (exact) mass is 277 g/mol. The molecule has 1 rings (SSSR count). The van der Waals surface area contributed by atoms with E-state index in [1.54, 1.807) is 18.7 Å². The molecule has 0 heterocycles. The Hall–Kier alpha value is -0.590. The largest absolute Gasteiger partial charge is 0.246 e. The first-order valence-corrected chi connectivity index (χ1v) is 7.96. The summed E-state index contributed by atoms with van der Waals surface area (Å²) >= 11 is 1.55. The normalized spacial score (nSPS) is 13.9. The summed E-state index contributed by atoms with van der Waals surface area (Å²) in [7, 11) is -2.27. The van der Waals surface area contributed by atoms with Crippen LogP contribution in [0, 0.1) is 5.82 Å². The zero-order valence-corrected chi connectivity index (χ0v) is 11.7. The van der Waals surface area contributed by atoms with Gasteiger partial charge >= 0.3 is 0 Å². The Morgan fingerprint density at radius 1 is 1.41 bits per heavy atom. The predicted octanol–water partition coefficient (Wildman–Crippen LogP) is 2.20. The van der Waals surface area contributed by atoms with Crippen molar-refractivity contribution in [2.24, 2.45) is 0 Å². The first-order chi connectivity index (χ1) is 7.91. The average molecular weight is 277 g/mol. The summed E-state index contributed by atoms with van der Waals surface area (Å²) in [6.45, 7) is 1.80. The summed E-state index contributed by atoms with van der Waals surface area (Å²) in [5.41, 5.74) is 0. The number of rotatable bonds is 5. The van der Waals surface area contributed by atoms with Crippen molar-refractivity contribution in [1.29, 1.82) is 0 Å². The molecule has 1 atom stereocenters. The third kappa shape index (κ3) is 3.20. The molecule has 0 saturated carbocycles. The van der Waals surface area contributed by atoms with Crippen molar-refractivity contribution in [1.82, 2.24) is 4.31 Å². The van der Waals surface area contributed by atoms with Crippen LogP contribution in [0.5, 0.6) is 0 Å². The minimum Gasteiger partial charge on any atom is -0.207 e. The lowest BCUT2D eigenvalue weighted by Gasteiger charge is -2.23. The van der Waals surface area contributed by atoms with Crippen LogP contribution in [0.15, 0.2) is 29.2 Å². The van der Waals surface area contributed by atoms with Crippen molar-refractivity contribution in [3.8, 4) is 0 Å². The van der Waals surface area contributed by atoms with E-state index < -0.39 is 15.8 Å². The van der Waals surface area contributed by atoms with Crippen molar-refractivity contribution in [2.45, 2.75) is 17.9 Å². The summed E-state index contributed by atoms with van der Waals surface area (Å²) < 4.78 is 39.0. The van der Waals surface area contributed by atoms with Crippen LogP contribution in [0.2, 0.25) is 0 Å². The minimum atomic E-state index is -3.75. The summed E-state index contributed by atoms with van der Waals surface area (Å²) in [4.78, 5) is -0.268. The molecule has 0 aliphatic rings. The molecule has 0 radical (unpaired) electrons. The second-order valence-corrected chi connectivity index (χ2v) is 6.63. The lowest BCUT2D eigenvalue weighted by molar-refractivity contribution is 0.411. The van der Waals surface area contributed by atoms with Gasteiger partial charge < -0.3 is 0 Å². The molecule has 96 valence electrons. The minimum absolute atomic E-state index is 0.172. The molecule has 0 aliphatic heterocycles. The predicted molar refractivity (Wildman–Crippen MR) is 69.2 cm³/mol. The third-order valence-electron chi connectivity index (χ3n) is 2.52. The Morgan fingerprint density at radius 2 is 2.00 bits per heavy atom. The van der Waals surface area contributed by atoms with Crippen molar-refractivity contribution in [2.75, 3.05) is 19.1 Å². The van der Waals surface area contributed by atoms with Crippen LogP contribution in [0.3, 0.4) is 0 Å². The Bertz CT molecular complexity index is 476. The highest BCUT2D eigenvalue weighted by atomic mass is 32.2. The lowest BCUT2D eigenvalue weighted by atomic mass is 10.3. The molecule has 0 N–H and O–H groups in total. The number of hydrogen-bond donors (Lipinski definition) is 0. The summed E-state index contributed by atoms with van der Waals surface area (Å²) in [6, 6.07) is 5.25. The fourth-order valence-electron chi connectivity index (χ4n) is 1.39. The van der Waals surface area contributed by atoms with Gasteiger partial charge in [0.2, 0.25) is 10.0 Å². The summed E-state index contributed by atoms with van der Waals surface area (Å²) in [5, 5.41) is 0. The fraction of sp³-hybridized carbons (Fsp3) is 0.455. The van der Waals surface area contributed by atoms with E-state index in [0.717, 1.165) is 6.07 Å². The van der Waals surface area contributed by atoms with E-state index in [2.05, 4.69) is 0 Å². The van der Waals surface area contributed by atoms with Crippen molar-refractivity contribution in [3.05, 3.63) is 30.1 Å². The molecule has 0 saturated heterocycles. The second kappa shape index (κ2) is 5.84. The highest BCUT2D eigenvalue weighted by Crippen LogP contribution is 2.20. The molecule has 0 bridgehead atoms. The highest BCUT2D eigenvalue weighted by Gasteiger charge is 2.27. The van der Waals surface area contributed by atoms with E-state index in [4.69, 9.17) is 0 Å². The molecule has 17 heavy (non-hydrogen) atoms. The zero-order chi connectivity index (χ0) is 13.1. The van der Waals surface area contributed by atoms with Gasteiger partial charge in [-0.2, -0.15) is 16.1 Å². The van der Waals surface area contributed by atoms with Crippen LogP contribution in [-0.2, 0) is 10.0 Å². The lowest BCUT2D eigenvalue weighted by Crippen LogP contribution is -2.36. The molecule has 6 heteroatoms. The zero-order valence-electron chi connectivity index (χ0n) is 10.1. The first-order valence-electron chi connectivity index (χ1n) is 5.12. The topological polar surface area (TPSA) is 37.4 Å². The van der Waals surface area contributed by atoms with Gasteiger partial charge in [0.05, 0.1) is 0 Å². The van der Waals surface area contributed by atoms with E-state index in [9.17, 15) is 12.8 Å². The van der Waals surface area contributed by atoms with Gasteiger partial charge in [0, 0.05) is 18.8 Å². The quantitative estimate of drug-likeness (QED) is 0.828. The van der Waals surface area contributed by atoms with Gasteiger partial charge in [0.15, 0.2) is 0 Å². The average Bonchev–Trinajstić information content (AvgIpc) is 2.28. The maximum absolute atomic E-state index is 13.5. The Morgan fingerprint density at radius 3 is 2.53 bits per heavy atom. The van der Waals surface area contributed by atoms with Gasteiger partial charge in [-0.05, 0) is 25.3 Å². The van der Waals surface area contributed by atoms with E-state index in [-0.39, 0.29) is 10.9 Å².